The largest absolute Gasteiger partial charge is 0.503 e. The fraction of sp³-hybridized carbons (Fsp3) is 0.465. The number of aromatic hydroxyl groups is 1. The maximum Gasteiger partial charge on any atom is 0.329 e. The lowest BCUT2D eigenvalue weighted by Crippen LogP contribution is -2.49. The van der Waals surface area contributed by atoms with Crippen molar-refractivity contribution in [2.75, 3.05) is 44.2 Å². The summed E-state index contributed by atoms with van der Waals surface area (Å²) in [4.78, 5) is 69.4. The molecule has 2 aliphatic heterocycles. The van der Waals surface area contributed by atoms with Gasteiger partial charge in [-0.3, -0.25) is 33.7 Å². The van der Waals surface area contributed by atoms with Crippen molar-refractivity contribution in [2.24, 2.45) is 12.5 Å². The highest BCUT2D eigenvalue weighted by Crippen LogP contribution is 2.58. The molecule has 3 saturated carbocycles. The Morgan fingerprint density at radius 2 is 1.70 bits per heavy atom. The van der Waals surface area contributed by atoms with E-state index in [1.54, 1.807) is 29.1 Å². The highest BCUT2D eigenvalue weighted by molar-refractivity contribution is 7.10. The number of imide groups is 1. The standard InChI is InChI=1S/C43H46F3N9O5S/c1-52-32-21-25(4-5-30(32)55(41(52)60)31-6-7-33(56)51-38(31)59)3-2-16-53-17-19-54(20-18-53)40-47-15-8-28(50-40)29-23-61-39(49-29)43-12-9-42(10-13-43,11-14-43)24-48-37(58)26-22-27(44)36(57)35(46)34(26)45/h4-5,8,15,21-23,31,57H,2-3,6-7,9-14,16-20,24H2,1H3,(H,48,58)(H,51,56,59)/t31?,42-,43+. The van der Waals surface area contributed by atoms with Crippen LogP contribution < -0.4 is 21.2 Å². The molecule has 2 saturated heterocycles. The Balaban J connectivity index is 0.763. The molecular weight excluding hydrogens is 812 g/mol. The van der Waals surface area contributed by atoms with E-state index in [-0.39, 0.29) is 35.4 Å². The van der Waals surface area contributed by atoms with E-state index in [0.717, 1.165) is 112 Å². The minimum atomic E-state index is -1.78. The molecule has 10 rings (SSSR count). The summed E-state index contributed by atoms with van der Waals surface area (Å²) in [5, 5.41) is 17.5. The number of aryl methyl sites for hydroxylation is 2. The van der Waals surface area contributed by atoms with Gasteiger partial charge in [0.05, 0.1) is 27.3 Å². The molecule has 320 valence electrons. The summed E-state index contributed by atoms with van der Waals surface area (Å²) in [6.07, 6.45) is 9.18. The van der Waals surface area contributed by atoms with Gasteiger partial charge >= 0.3 is 5.69 Å². The number of amides is 3. The Morgan fingerprint density at radius 1 is 0.951 bits per heavy atom. The van der Waals surface area contributed by atoms with E-state index in [1.807, 2.05) is 24.3 Å². The van der Waals surface area contributed by atoms with Crippen molar-refractivity contribution in [1.29, 1.82) is 0 Å². The normalized spacial score (nSPS) is 23.1. The number of anilines is 1. The number of halogens is 3. The van der Waals surface area contributed by atoms with Crippen molar-refractivity contribution in [3.63, 3.8) is 0 Å². The van der Waals surface area contributed by atoms with Crippen molar-refractivity contribution in [3.05, 3.63) is 86.0 Å². The number of nitrogens with one attached hydrogen (secondary N) is 2. The lowest BCUT2D eigenvalue weighted by molar-refractivity contribution is -0.135. The Hall–Kier alpha value is -5.62. The number of aromatic nitrogens is 5. The number of fused-ring (bicyclic) bond motifs is 4. The Morgan fingerprint density at radius 3 is 2.44 bits per heavy atom. The third kappa shape index (κ3) is 7.57. The van der Waals surface area contributed by atoms with Gasteiger partial charge in [0.2, 0.25) is 23.6 Å². The number of rotatable bonds is 11. The molecule has 1 atom stereocenters. The van der Waals surface area contributed by atoms with Crippen LogP contribution in [0.15, 0.2) is 46.7 Å². The number of hydrogen-bond donors (Lipinski definition) is 3. The molecule has 0 spiro atoms. The third-order valence-corrected chi connectivity index (χ3v) is 14.6. The maximum absolute atomic E-state index is 14.3. The number of imidazole rings is 1. The molecular formula is C43H46F3N9O5S. The molecule has 3 N–H and O–H groups in total. The summed E-state index contributed by atoms with van der Waals surface area (Å²) < 4.78 is 45.1. The van der Waals surface area contributed by atoms with Gasteiger partial charge in [0.1, 0.15) is 11.7 Å². The van der Waals surface area contributed by atoms with Gasteiger partial charge < -0.3 is 15.3 Å². The van der Waals surface area contributed by atoms with Crippen molar-refractivity contribution in [2.45, 2.75) is 75.7 Å². The SMILES string of the molecule is Cn1c(=O)n(C2CCC(=O)NC2=O)c2ccc(CCCN3CCN(c4nccc(-c5csc([C@]67CC[C@](CNC(=O)c8cc(F)c(O)c(F)c8F)(CC6)CC7)n5)n4)CC3)cc21. The molecule has 3 aromatic heterocycles. The smallest absolute Gasteiger partial charge is 0.329 e. The van der Waals surface area contributed by atoms with Crippen LogP contribution in [0.4, 0.5) is 19.1 Å². The number of piperazine rings is 1. The van der Waals surface area contributed by atoms with Crippen LogP contribution in [0, 0.1) is 22.9 Å². The van der Waals surface area contributed by atoms with E-state index in [9.17, 15) is 37.5 Å². The molecule has 5 heterocycles. The van der Waals surface area contributed by atoms with Gasteiger partial charge in [0, 0.05) is 63.2 Å². The lowest BCUT2D eigenvalue weighted by Gasteiger charge is -2.52. The van der Waals surface area contributed by atoms with Crippen molar-refractivity contribution in [3.8, 4) is 17.1 Å². The predicted octanol–water partition coefficient (Wildman–Crippen LogP) is 5.13. The Labute approximate surface area is 352 Å². The first-order chi connectivity index (χ1) is 29.3. The minimum Gasteiger partial charge on any atom is -0.503 e. The molecule has 5 aromatic rings. The molecule has 61 heavy (non-hydrogen) atoms. The molecule has 1 unspecified atom stereocenters. The van der Waals surface area contributed by atoms with Crippen LogP contribution in [0.3, 0.4) is 0 Å². The fourth-order valence-electron chi connectivity index (χ4n) is 9.71. The van der Waals surface area contributed by atoms with Crippen LogP contribution >= 0.6 is 11.3 Å². The molecule has 3 aliphatic carbocycles. The van der Waals surface area contributed by atoms with Gasteiger partial charge in [0.25, 0.3) is 5.91 Å². The second kappa shape index (κ2) is 16.0. The third-order valence-electron chi connectivity index (χ3n) is 13.5. The van der Waals surface area contributed by atoms with Crippen molar-refractivity contribution < 1.29 is 32.7 Å². The highest BCUT2D eigenvalue weighted by atomic mass is 32.1. The Kier molecular flexibility index (Phi) is 10.7. The Bertz CT molecular complexity index is 2590. The average molecular weight is 858 g/mol. The number of thiazole rings is 1. The molecule has 3 amide bonds. The monoisotopic (exact) mass is 857 g/mol. The number of phenols is 1. The van der Waals surface area contributed by atoms with Crippen LogP contribution in [0.25, 0.3) is 22.4 Å². The topological polar surface area (TPSA) is 168 Å². The van der Waals surface area contributed by atoms with Gasteiger partial charge in [-0.1, -0.05) is 6.07 Å². The summed E-state index contributed by atoms with van der Waals surface area (Å²) in [7, 11) is 1.71. The predicted molar refractivity (Wildman–Crippen MR) is 221 cm³/mol. The number of hydrogen-bond acceptors (Lipinski definition) is 11. The number of benzene rings is 2. The summed E-state index contributed by atoms with van der Waals surface area (Å²) >= 11 is 1.64. The van der Waals surface area contributed by atoms with E-state index in [2.05, 4.69) is 30.8 Å². The summed E-state index contributed by atoms with van der Waals surface area (Å²) in [5.41, 5.74) is 2.83. The maximum atomic E-state index is 14.3. The van der Waals surface area contributed by atoms with E-state index in [1.165, 1.54) is 4.57 Å². The quantitative estimate of drug-likeness (QED) is 0.120. The zero-order valence-corrected chi connectivity index (χ0v) is 34.5. The molecule has 2 bridgehead atoms. The van der Waals surface area contributed by atoms with Gasteiger partial charge in [-0.2, -0.15) is 4.39 Å². The molecule has 2 aromatic carbocycles. The first kappa shape index (κ1) is 40.8. The van der Waals surface area contributed by atoms with E-state index < -0.39 is 46.6 Å². The first-order valence-corrected chi connectivity index (χ1v) is 21.7. The molecule has 14 nitrogen and oxygen atoms in total. The average Bonchev–Trinajstić information content (AvgIpc) is 3.88. The number of phenolic OH excluding ortho intramolecular Hbond substituents is 1. The lowest BCUT2D eigenvalue weighted by atomic mass is 9.54. The number of carbonyl (C=O) groups excluding carboxylic acids is 3. The van der Waals surface area contributed by atoms with Gasteiger partial charge in [-0.15, -0.1) is 11.3 Å². The second-order valence-electron chi connectivity index (χ2n) is 17.1. The van der Waals surface area contributed by atoms with Crippen LogP contribution in [-0.2, 0) is 28.5 Å². The summed E-state index contributed by atoms with van der Waals surface area (Å²) in [5.74, 6) is -7.18. The highest BCUT2D eigenvalue weighted by Gasteiger charge is 2.51. The van der Waals surface area contributed by atoms with Crippen LogP contribution in [0.1, 0.15) is 84.8 Å². The number of piperidine rings is 1. The first-order valence-electron chi connectivity index (χ1n) is 20.8. The molecule has 18 heteroatoms. The summed E-state index contributed by atoms with van der Waals surface area (Å²) in [6, 6.07) is 7.64. The fourth-order valence-corrected chi connectivity index (χ4v) is 10.8. The van der Waals surface area contributed by atoms with Crippen LogP contribution in [0.5, 0.6) is 5.75 Å². The van der Waals surface area contributed by atoms with Gasteiger partial charge in [-0.25, -0.2) is 28.5 Å². The number of nitrogens with zero attached hydrogens (tertiary/aromatic N) is 7. The second-order valence-corrected chi connectivity index (χ2v) is 17.9. The molecule has 0 radical (unpaired) electrons. The van der Waals surface area contributed by atoms with Crippen LogP contribution in [-0.4, -0.2) is 91.1 Å². The van der Waals surface area contributed by atoms with Gasteiger partial charge in [0.15, 0.2) is 17.4 Å². The van der Waals surface area contributed by atoms with E-state index in [4.69, 9.17) is 9.97 Å². The van der Waals surface area contributed by atoms with Crippen molar-refractivity contribution >= 4 is 46.0 Å². The molecule has 5 aliphatic rings. The van der Waals surface area contributed by atoms with Crippen molar-refractivity contribution in [1.82, 2.24) is 39.6 Å². The summed E-state index contributed by atoms with van der Waals surface area (Å²) in [6.45, 7) is 4.50. The van der Waals surface area contributed by atoms with Gasteiger partial charge in [-0.05, 0) is 99.6 Å². The zero-order chi connectivity index (χ0) is 42.6. The zero-order valence-electron chi connectivity index (χ0n) is 33.7. The molecule has 5 fully saturated rings. The van der Waals surface area contributed by atoms with Crippen LogP contribution in [0.2, 0.25) is 0 Å². The minimum absolute atomic E-state index is 0.0783. The van der Waals surface area contributed by atoms with E-state index >= 15 is 0 Å². The number of carbonyl (C=O) groups is 3. The van der Waals surface area contributed by atoms with E-state index in [0.29, 0.717) is 24.0 Å².